The van der Waals surface area contributed by atoms with Crippen molar-refractivity contribution in [3.05, 3.63) is 59.4 Å². The van der Waals surface area contributed by atoms with Crippen molar-refractivity contribution in [1.82, 2.24) is 14.9 Å². The first-order chi connectivity index (χ1) is 14.6. The number of carbonyl (C=O) groups excluding carboxylic acids is 1. The average molecular weight is 405 g/mol. The van der Waals surface area contributed by atoms with Gasteiger partial charge in [0.05, 0.1) is 13.2 Å². The highest BCUT2D eigenvalue weighted by Crippen LogP contribution is 2.38. The van der Waals surface area contributed by atoms with Crippen molar-refractivity contribution < 1.29 is 9.53 Å². The third kappa shape index (κ3) is 4.08. The summed E-state index contributed by atoms with van der Waals surface area (Å²) in [5.74, 6) is 1.61. The lowest BCUT2D eigenvalue weighted by molar-refractivity contribution is -0.131. The zero-order chi connectivity index (χ0) is 21.1. The van der Waals surface area contributed by atoms with Crippen LogP contribution in [0.4, 0.5) is 5.95 Å². The predicted octanol–water partition coefficient (Wildman–Crippen LogP) is 4.42. The minimum Gasteiger partial charge on any atom is -0.496 e. The molecule has 1 aromatic heterocycles. The molecule has 0 saturated carbocycles. The third-order valence-corrected chi connectivity index (χ3v) is 5.67. The van der Waals surface area contributed by atoms with Gasteiger partial charge in [0.2, 0.25) is 11.9 Å². The maximum atomic E-state index is 13.0. The lowest BCUT2D eigenvalue weighted by Crippen LogP contribution is -2.32. The fourth-order valence-electron chi connectivity index (χ4n) is 4.38. The van der Waals surface area contributed by atoms with Crippen molar-refractivity contribution in [2.45, 2.75) is 39.2 Å². The Morgan fingerprint density at radius 1 is 1.13 bits per heavy atom. The van der Waals surface area contributed by atoms with E-state index < -0.39 is 0 Å². The SMILES string of the molecule is COc1ccc(C2CCCN2C(=O)CCNc2nc(C)cc(C)n2)c2ccccc12. The van der Waals surface area contributed by atoms with Gasteiger partial charge in [0.15, 0.2) is 0 Å². The van der Waals surface area contributed by atoms with Crippen molar-refractivity contribution >= 4 is 22.6 Å². The van der Waals surface area contributed by atoms with E-state index in [2.05, 4.69) is 33.5 Å². The van der Waals surface area contributed by atoms with Crippen LogP contribution in [0.3, 0.4) is 0 Å². The standard InChI is InChI=1S/C24H28N4O2/c1-16-15-17(2)27-24(26-16)25-13-12-23(29)28-14-6-9-21(28)19-10-11-22(30-3)20-8-5-4-7-18(19)20/h4-5,7-8,10-11,15,21H,6,9,12-14H2,1-3H3,(H,25,26,27). The number of anilines is 1. The smallest absolute Gasteiger partial charge is 0.224 e. The molecule has 30 heavy (non-hydrogen) atoms. The largest absolute Gasteiger partial charge is 0.496 e. The lowest BCUT2D eigenvalue weighted by atomic mass is 9.96. The Kier molecular flexibility index (Phi) is 5.84. The van der Waals surface area contributed by atoms with E-state index in [9.17, 15) is 4.79 Å². The van der Waals surface area contributed by atoms with Crippen molar-refractivity contribution in [2.75, 3.05) is 25.5 Å². The van der Waals surface area contributed by atoms with Gasteiger partial charge in [0.1, 0.15) is 5.75 Å². The molecule has 1 aliphatic rings. The highest BCUT2D eigenvalue weighted by atomic mass is 16.5. The number of nitrogens with one attached hydrogen (secondary N) is 1. The monoisotopic (exact) mass is 404 g/mol. The quantitative estimate of drug-likeness (QED) is 0.659. The third-order valence-electron chi connectivity index (χ3n) is 5.67. The molecule has 3 aromatic rings. The Balaban J connectivity index is 1.48. The molecule has 1 amide bonds. The molecule has 1 unspecified atom stereocenters. The van der Waals surface area contributed by atoms with Crippen LogP contribution < -0.4 is 10.1 Å². The molecule has 1 aliphatic heterocycles. The second-order valence-corrected chi connectivity index (χ2v) is 7.80. The van der Waals surface area contributed by atoms with Crippen LogP contribution in [0, 0.1) is 13.8 Å². The number of methoxy groups -OCH3 is 1. The zero-order valence-electron chi connectivity index (χ0n) is 17.8. The highest BCUT2D eigenvalue weighted by Gasteiger charge is 2.30. The van der Waals surface area contributed by atoms with Crippen molar-refractivity contribution in [1.29, 1.82) is 0 Å². The summed E-state index contributed by atoms with van der Waals surface area (Å²) >= 11 is 0. The zero-order valence-corrected chi connectivity index (χ0v) is 17.8. The van der Waals surface area contributed by atoms with Gasteiger partial charge in [-0.2, -0.15) is 0 Å². The van der Waals surface area contributed by atoms with Crippen LogP contribution in [-0.2, 0) is 4.79 Å². The number of aromatic nitrogens is 2. The van der Waals surface area contributed by atoms with Gasteiger partial charge < -0.3 is 15.0 Å². The van der Waals surface area contributed by atoms with Crippen molar-refractivity contribution in [2.24, 2.45) is 0 Å². The molecule has 2 aromatic carbocycles. The molecule has 0 radical (unpaired) electrons. The highest BCUT2D eigenvalue weighted by molar-refractivity contribution is 5.92. The molecule has 0 spiro atoms. The maximum Gasteiger partial charge on any atom is 0.224 e. The van der Waals surface area contributed by atoms with E-state index in [4.69, 9.17) is 4.74 Å². The number of amides is 1. The number of carbonyl (C=O) groups is 1. The average Bonchev–Trinajstić information content (AvgIpc) is 3.22. The molecule has 0 bridgehead atoms. The van der Waals surface area contributed by atoms with Gasteiger partial charge in [-0.05, 0) is 49.8 Å². The van der Waals surface area contributed by atoms with E-state index in [0.29, 0.717) is 18.9 Å². The van der Waals surface area contributed by atoms with Gasteiger partial charge >= 0.3 is 0 Å². The van der Waals surface area contributed by atoms with Gasteiger partial charge in [0.25, 0.3) is 0 Å². The summed E-state index contributed by atoms with van der Waals surface area (Å²) in [5.41, 5.74) is 3.03. The summed E-state index contributed by atoms with van der Waals surface area (Å²) in [7, 11) is 1.69. The number of aryl methyl sites for hydroxylation is 2. The number of likely N-dealkylation sites (tertiary alicyclic amines) is 1. The lowest BCUT2D eigenvalue weighted by Gasteiger charge is -2.26. The minimum atomic E-state index is 0.103. The summed E-state index contributed by atoms with van der Waals surface area (Å²) in [6.07, 6.45) is 2.42. The number of nitrogens with zero attached hydrogens (tertiary/aromatic N) is 3. The van der Waals surface area contributed by atoms with Gasteiger partial charge in [-0.15, -0.1) is 0 Å². The Labute approximate surface area is 177 Å². The van der Waals surface area contributed by atoms with Crippen LogP contribution in [0.15, 0.2) is 42.5 Å². The van der Waals surface area contributed by atoms with Crippen molar-refractivity contribution in [3.8, 4) is 5.75 Å². The number of benzene rings is 2. The van der Waals surface area contributed by atoms with Gasteiger partial charge in [0, 0.05) is 36.3 Å². The molecular weight excluding hydrogens is 376 g/mol. The molecule has 156 valence electrons. The number of rotatable bonds is 6. The molecule has 6 nitrogen and oxygen atoms in total. The molecule has 1 fully saturated rings. The Hall–Kier alpha value is -3.15. The van der Waals surface area contributed by atoms with E-state index in [1.165, 1.54) is 5.56 Å². The molecule has 1 N–H and O–H groups in total. The van der Waals surface area contributed by atoms with Gasteiger partial charge in [-0.3, -0.25) is 4.79 Å². The van der Waals surface area contributed by atoms with Crippen LogP contribution >= 0.6 is 0 Å². The first kappa shape index (κ1) is 20.1. The van der Waals surface area contributed by atoms with Crippen LogP contribution in [0.5, 0.6) is 5.75 Å². The maximum absolute atomic E-state index is 13.0. The molecule has 1 saturated heterocycles. The van der Waals surface area contributed by atoms with Crippen LogP contribution in [0.25, 0.3) is 10.8 Å². The molecule has 2 heterocycles. The van der Waals surface area contributed by atoms with E-state index >= 15 is 0 Å². The van der Waals surface area contributed by atoms with E-state index in [1.54, 1.807) is 7.11 Å². The molecule has 6 heteroatoms. The second-order valence-electron chi connectivity index (χ2n) is 7.80. The molecule has 0 aliphatic carbocycles. The first-order valence-corrected chi connectivity index (χ1v) is 10.5. The van der Waals surface area contributed by atoms with E-state index in [-0.39, 0.29) is 11.9 Å². The number of fused-ring (bicyclic) bond motifs is 1. The Morgan fingerprint density at radius 3 is 2.60 bits per heavy atom. The fourth-order valence-corrected chi connectivity index (χ4v) is 4.38. The number of ether oxygens (including phenoxy) is 1. The Bertz CT molecular complexity index is 1050. The first-order valence-electron chi connectivity index (χ1n) is 10.5. The predicted molar refractivity (Wildman–Crippen MR) is 119 cm³/mol. The van der Waals surface area contributed by atoms with Crippen LogP contribution in [-0.4, -0.2) is 41.0 Å². The number of hydrogen-bond donors (Lipinski definition) is 1. The summed E-state index contributed by atoms with van der Waals surface area (Å²) in [5, 5.41) is 5.44. The summed E-state index contributed by atoms with van der Waals surface area (Å²) < 4.78 is 5.53. The van der Waals surface area contributed by atoms with Crippen molar-refractivity contribution in [3.63, 3.8) is 0 Å². The van der Waals surface area contributed by atoms with Crippen LogP contribution in [0.2, 0.25) is 0 Å². The summed E-state index contributed by atoms with van der Waals surface area (Å²) in [6, 6.07) is 14.4. The minimum absolute atomic E-state index is 0.103. The van der Waals surface area contributed by atoms with Gasteiger partial charge in [-0.25, -0.2) is 9.97 Å². The fraction of sp³-hybridized carbons (Fsp3) is 0.375. The second kappa shape index (κ2) is 8.69. The summed E-state index contributed by atoms with van der Waals surface area (Å²) in [4.78, 5) is 23.8. The van der Waals surface area contributed by atoms with E-state index in [0.717, 1.165) is 47.3 Å². The topological polar surface area (TPSA) is 67.3 Å². The molecule has 1 atom stereocenters. The van der Waals surface area contributed by atoms with Gasteiger partial charge in [-0.1, -0.05) is 30.3 Å². The normalized spacial score (nSPS) is 16.1. The van der Waals surface area contributed by atoms with Crippen LogP contribution in [0.1, 0.15) is 42.3 Å². The molecular formula is C24H28N4O2. The van der Waals surface area contributed by atoms with E-state index in [1.807, 2.05) is 43.0 Å². The number of hydrogen-bond acceptors (Lipinski definition) is 5. The molecule has 4 rings (SSSR count). The Morgan fingerprint density at radius 2 is 1.87 bits per heavy atom. The summed E-state index contributed by atoms with van der Waals surface area (Å²) in [6.45, 7) is 5.20.